The number of anilines is 1. The Balaban J connectivity index is 2.16. The molecule has 1 aromatic rings. The van der Waals surface area contributed by atoms with E-state index < -0.39 is 11.8 Å². The average Bonchev–Trinajstić information content (AvgIpc) is 2.49. The highest BCUT2D eigenvalue weighted by Crippen LogP contribution is 2.30. The monoisotopic (exact) mass is 324 g/mol. The highest BCUT2D eigenvalue weighted by Gasteiger charge is 2.25. The molecule has 7 heteroatoms. The number of likely N-dealkylation sites (tertiary alicyclic amines) is 1. The molecule has 3 amide bonds. The third-order valence-electron chi connectivity index (χ3n) is 3.14. The Morgan fingerprint density at radius 2 is 2.27 bits per heavy atom. The van der Waals surface area contributed by atoms with Crippen LogP contribution in [-0.2, 0) is 4.79 Å². The van der Waals surface area contributed by atoms with Gasteiger partial charge in [0.1, 0.15) is 18.2 Å². The largest absolute Gasteiger partial charge is 0.479 e. The normalized spacial score (nSPS) is 14.4. The zero-order valence-electron chi connectivity index (χ0n) is 11.7. The number of hydrogen-bond acceptors (Lipinski definition) is 3. The predicted octanol–water partition coefficient (Wildman–Crippen LogP) is 3.04. The molecule has 1 heterocycles. The van der Waals surface area contributed by atoms with Gasteiger partial charge in [0.2, 0.25) is 5.91 Å². The van der Waals surface area contributed by atoms with Gasteiger partial charge in [-0.2, -0.15) is 0 Å². The van der Waals surface area contributed by atoms with Gasteiger partial charge in [0.05, 0.1) is 10.7 Å². The van der Waals surface area contributed by atoms with Gasteiger partial charge in [0.25, 0.3) is 0 Å². The molecule has 0 aliphatic carbocycles. The standard InChI is InChI=1S/C15H14ClFN2O3/c1-2-7-22-13-9-12(11(17)8-10(13)16)18-15(21)19-6-4-3-5-14(19)20/h1,8-9H,3-7H2,(H,18,21). The summed E-state index contributed by atoms with van der Waals surface area (Å²) in [4.78, 5) is 24.8. The first-order chi connectivity index (χ1) is 10.5. The summed E-state index contributed by atoms with van der Waals surface area (Å²) < 4.78 is 19.0. The molecule has 116 valence electrons. The summed E-state index contributed by atoms with van der Waals surface area (Å²) >= 11 is 5.83. The van der Waals surface area contributed by atoms with Crippen molar-refractivity contribution in [2.45, 2.75) is 19.3 Å². The number of ether oxygens (including phenoxy) is 1. The van der Waals surface area contributed by atoms with Crippen molar-refractivity contribution in [3.8, 4) is 18.1 Å². The van der Waals surface area contributed by atoms with Crippen LogP contribution in [0, 0.1) is 18.2 Å². The fraction of sp³-hybridized carbons (Fsp3) is 0.333. The zero-order valence-corrected chi connectivity index (χ0v) is 12.5. The van der Waals surface area contributed by atoms with Crippen molar-refractivity contribution in [2.75, 3.05) is 18.5 Å². The number of nitrogens with one attached hydrogen (secondary N) is 1. The van der Waals surface area contributed by atoms with E-state index in [4.69, 9.17) is 22.8 Å². The molecule has 0 radical (unpaired) electrons. The minimum Gasteiger partial charge on any atom is -0.479 e. The average molecular weight is 325 g/mol. The highest BCUT2D eigenvalue weighted by atomic mass is 35.5. The van der Waals surface area contributed by atoms with E-state index in [0.717, 1.165) is 23.8 Å². The molecule has 1 fully saturated rings. The molecule has 1 aliphatic rings. The van der Waals surface area contributed by atoms with Gasteiger partial charge in [0, 0.05) is 19.0 Å². The SMILES string of the molecule is C#CCOc1cc(NC(=O)N2CCCCC2=O)c(F)cc1Cl. The maximum atomic E-state index is 13.9. The van der Waals surface area contributed by atoms with Crippen LogP contribution in [0.25, 0.3) is 0 Å². The van der Waals surface area contributed by atoms with E-state index in [9.17, 15) is 14.0 Å². The van der Waals surface area contributed by atoms with Crippen molar-refractivity contribution in [3.63, 3.8) is 0 Å². The molecule has 5 nitrogen and oxygen atoms in total. The van der Waals surface area contributed by atoms with Crippen LogP contribution in [0.2, 0.25) is 5.02 Å². The van der Waals surface area contributed by atoms with Crippen LogP contribution < -0.4 is 10.1 Å². The number of terminal acetylenes is 1. The van der Waals surface area contributed by atoms with Crippen LogP contribution in [0.5, 0.6) is 5.75 Å². The van der Waals surface area contributed by atoms with Crippen molar-refractivity contribution in [1.29, 1.82) is 0 Å². The van der Waals surface area contributed by atoms with Crippen LogP contribution >= 0.6 is 11.6 Å². The van der Waals surface area contributed by atoms with Crippen molar-refractivity contribution < 1.29 is 18.7 Å². The van der Waals surface area contributed by atoms with Gasteiger partial charge in [-0.3, -0.25) is 9.69 Å². The zero-order chi connectivity index (χ0) is 16.1. The molecule has 0 unspecified atom stereocenters. The third kappa shape index (κ3) is 3.68. The Kier molecular flexibility index (Phi) is 5.23. The molecule has 1 aromatic carbocycles. The summed E-state index contributed by atoms with van der Waals surface area (Å²) in [5.74, 6) is 1.41. The summed E-state index contributed by atoms with van der Waals surface area (Å²) in [6.07, 6.45) is 6.88. The van der Waals surface area contributed by atoms with Crippen molar-refractivity contribution in [1.82, 2.24) is 4.90 Å². The number of carbonyl (C=O) groups is 2. The lowest BCUT2D eigenvalue weighted by molar-refractivity contribution is -0.129. The number of amides is 3. The van der Waals surface area contributed by atoms with Crippen LogP contribution in [0.15, 0.2) is 12.1 Å². The molecule has 0 spiro atoms. The molecule has 0 aromatic heterocycles. The lowest BCUT2D eigenvalue weighted by Crippen LogP contribution is -2.42. The number of hydrogen-bond donors (Lipinski definition) is 1. The smallest absolute Gasteiger partial charge is 0.328 e. The van der Waals surface area contributed by atoms with E-state index in [1.54, 1.807) is 0 Å². The topological polar surface area (TPSA) is 58.6 Å². The first kappa shape index (κ1) is 16.1. The fourth-order valence-corrected chi connectivity index (χ4v) is 2.26. The summed E-state index contributed by atoms with van der Waals surface area (Å²) in [5.41, 5.74) is -0.125. The Labute approximate surface area is 132 Å². The molecule has 22 heavy (non-hydrogen) atoms. The second-order valence-corrected chi connectivity index (χ2v) is 5.10. The number of urea groups is 1. The molecule has 1 aliphatic heterocycles. The molecule has 0 saturated carbocycles. The van der Waals surface area contributed by atoms with Crippen LogP contribution in [-0.4, -0.2) is 30.0 Å². The Hall–Kier alpha value is -2.26. The molecule has 0 atom stereocenters. The highest BCUT2D eigenvalue weighted by molar-refractivity contribution is 6.32. The number of halogens is 2. The summed E-state index contributed by atoms with van der Waals surface area (Å²) in [7, 11) is 0. The molecule has 0 bridgehead atoms. The van der Waals surface area contributed by atoms with E-state index in [-0.39, 0.29) is 29.0 Å². The van der Waals surface area contributed by atoms with Gasteiger partial charge in [-0.15, -0.1) is 6.42 Å². The van der Waals surface area contributed by atoms with Gasteiger partial charge >= 0.3 is 6.03 Å². The number of imide groups is 1. The minimum absolute atomic E-state index is 0.0383. The predicted molar refractivity (Wildman–Crippen MR) is 80.3 cm³/mol. The molecule has 1 saturated heterocycles. The van der Waals surface area contributed by atoms with Crippen LogP contribution in [0.1, 0.15) is 19.3 Å². The Morgan fingerprint density at radius 3 is 2.95 bits per heavy atom. The fourth-order valence-electron chi connectivity index (χ4n) is 2.06. The number of carbonyl (C=O) groups excluding carboxylic acids is 2. The van der Waals surface area contributed by atoms with Gasteiger partial charge in [0.15, 0.2) is 0 Å². The van der Waals surface area contributed by atoms with Gasteiger partial charge in [-0.1, -0.05) is 17.5 Å². The van der Waals surface area contributed by atoms with E-state index in [1.165, 1.54) is 6.07 Å². The number of nitrogens with zero attached hydrogens (tertiary/aromatic N) is 1. The lowest BCUT2D eigenvalue weighted by atomic mass is 10.1. The summed E-state index contributed by atoms with van der Waals surface area (Å²) in [6, 6.07) is 1.58. The van der Waals surface area contributed by atoms with Crippen LogP contribution in [0.3, 0.4) is 0 Å². The van der Waals surface area contributed by atoms with E-state index in [1.807, 2.05) is 0 Å². The number of rotatable bonds is 3. The lowest BCUT2D eigenvalue weighted by Gasteiger charge is -2.25. The summed E-state index contributed by atoms with van der Waals surface area (Å²) in [6.45, 7) is 0.281. The van der Waals surface area contributed by atoms with Gasteiger partial charge in [-0.25, -0.2) is 9.18 Å². The molecular formula is C15H14ClFN2O3. The van der Waals surface area contributed by atoms with Gasteiger partial charge < -0.3 is 10.1 Å². The van der Waals surface area contributed by atoms with E-state index in [0.29, 0.717) is 13.0 Å². The van der Waals surface area contributed by atoms with Crippen molar-refractivity contribution in [2.24, 2.45) is 0 Å². The maximum absolute atomic E-state index is 13.9. The maximum Gasteiger partial charge on any atom is 0.328 e. The van der Waals surface area contributed by atoms with Crippen molar-refractivity contribution >= 4 is 29.2 Å². The first-order valence-electron chi connectivity index (χ1n) is 6.69. The third-order valence-corrected chi connectivity index (χ3v) is 3.44. The Morgan fingerprint density at radius 1 is 1.50 bits per heavy atom. The second kappa shape index (κ2) is 7.14. The van der Waals surface area contributed by atoms with Gasteiger partial charge in [-0.05, 0) is 18.9 Å². The molecular weight excluding hydrogens is 311 g/mol. The number of benzene rings is 1. The number of piperidine rings is 1. The quantitative estimate of drug-likeness (QED) is 0.869. The molecule has 2 rings (SSSR count). The Bertz CT molecular complexity index is 642. The second-order valence-electron chi connectivity index (χ2n) is 4.69. The first-order valence-corrected chi connectivity index (χ1v) is 7.07. The van der Waals surface area contributed by atoms with E-state index >= 15 is 0 Å². The summed E-state index contributed by atoms with van der Waals surface area (Å²) in [5, 5.41) is 2.40. The van der Waals surface area contributed by atoms with Crippen molar-refractivity contribution in [3.05, 3.63) is 23.0 Å². The van der Waals surface area contributed by atoms with E-state index in [2.05, 4.69) is 11.2 Å². The minimum atomic E-state index is -0.726. The van der Waals surface area contributed by atoms with Crippen LogP contribution in [0.4, 0.5) is 14.9 Å². The molecule has 1 N–H and O–H groups in total.